The van der Waals surface area contributed by atoms with E-state index in [1.165, 1.54) is 11.3 Å². The fourth-order valence-corrected chi connectivity index (χ4v) is 3.20. The first kappa shape index (κ1) is 11.3. The van der Waals surface area contributed by atoms with Gasteiger partial charge in [-0.05, 0) is 12.0 Å². The Bertz CT molecular complexity index is 463. The molecule has 0 radical (unpaired) electrons. The van der Waals surface area contributed by atoms with E-state index in [0.29, 0.717) is 18.7 Å². The maximum atomic E-state index is 9.27. The number of thiophene rings is 1. The fraction of sp³-hybridized carbons (Fsp3) is 0.364. The molecule has 4 N–H and O–H groups in total. The quantitative estimate of drug-likeness (QED) is 0.719. The van der Waals surface area contributed by atoms with Gasteiger partial charge in [0.05, 0.1) is 6.61 Å². The van der Waals surface area contributed by atoms with Gasteiger partial charge < -0.3 is 15.9 Å². The standard InChI is InChI=1S/C11H14N2O2S/c1-6-4-8-10(11(12)13-6)7(2-3-14)9(5-15)16-8/h14-15H,1-5H2,(H2,12,13). The predicted molar refractivity (Wildman–Crippen MR) is 64.6 cm³/mol. The Morgan fingerprint density at radius 2 is 2.19 bits per heavy atom. The topological polar surface area (TPSA) is 78.8 Å². The van der Waals surface area contributed by atoms with Crippen molar-refractivity contribution in [2.45, 2.75) is 19.4 Å². The molecule has 4 nitrogen and oxygen atoms in total. The number of fused-ring (bicyclic) bond motifs is 1. The van der Waals surface area contributed by atoms with Gasteiger partial charge in [-0.3, -0.25) is 0 Å². The lowest BCUT2D eigenvalue weighted by Crippen LogP contribution is -2.20. The van der Waals surface area contributed by atoms with Gasteiger partial charge in [-0.1, -0.05) is 6.58 Å². The second-order valence-electron chi connectivity index (χ2n) is 3.67. The average Bonchev–Trinajstić information content (AvgIpc) is 2.57. The molecule has 1 aliphatic rings. The van der Waals surface area contributed by atoms with Crippen LogP contribution in [0.2, 0.25) is 0 Å². The van der Waals surface area contributed by atoms with Gasteiger partial charge in [-0.25, -0.2) is 4.99 Å². The van der Waals surface area contributed by atoms with Gasteiger partial charge in [-0.2, -0.15) is 0 Å². The summed E-state index contributed by atoms with van der Waals surface area (Å²) < 4.78 is 0. The minimum atomic E-state index is -0.0211. The third-order valence-corrected chi connectivity index (χ3v) is 3.79. The van der Waals surface area contributed by atoms with Crippen molar-refractivity contribution in [2.75, 3.05) is 6.61 Å². The summed E-state index contributed by atoms with van der Waals surface area (Å²) >= 11 is 1.53. The zero-order valence-corrected chi connectivity index (χ0v) is 9.68. The molecule has 5 heteroatoms. The van der Waals surface area contributed by atoms with Crippen molar-refractivity contribution >= 4 is 17.2 Å². The van der Waals surface area contributed by atoms with E-state index in [9.17, 15) is 5.11 Å². The monoisotopic (exact) mass is 238 g/mol. The van der Waals surface area contributed by atoms with E-state index in [4.69, 9.17) is 10.8 Å². The number of nitrogens with two attached hydrogens (primary N) is 1. The number of rotatable bonds is 3. The van der Waals surface area contributed by atoms with E-state index in [0.717, 1.165) is 26.6 Å². The number of hydrogen-bond donors (Lipinski definition) is 3. The fourth-order valence-electron chi connectivity index (χ4n) is 1.95. The zero-order chi connectivity index (χ0) is 11.7. The lowest BCUT2D eigenvalue weighted by Gasteiger charge is -2.12. The van der Waals surface area contributed by atoms with E-state index in [1.807, 2.05) is 0 Å². The van der Waals surface area contributed by atoms with E-state index in [-0.39, 0.29) is 13.2 Å². The van der Waals surface area contributed by atoms with Crippen LogP contribution in [0.15, 0.2) is 17.3 Å². The Balaban J connectivity index is 2.55. The summed E-state index contributed by atoms with van der Waals surface area (Å²) in [7, 11) is 0. The van der Waals surface area contributed by atoms with Crippen LogP contribution in [0, 0.1) is 0 Å². The maximum absolute atomic E-state index is 9.27. The van der Waals surface area contributed by atoms with Gasteiger partial charge in [-0.15, -0.1) is 11.3 Å². The Kier molecular flexibility index (Phi) is 3.09. The van der Waals surface area contributed by atoms with Crippen LogP contribution in [-0.2, 0) is 19.4 Å². The normalized spacial score (nSPS) is 14.9. The SMILES string of the molecule is C=C1Cc2sc(CO)c(CCO)c2C(N)=N1. The molecule has 1 aromatic heterocycles. The summed E-state index contributed by atoms with van der Waals surface area (Å²) in [5, 5.41) is 18.3. The Morgan fingerprint density at radius 1 is 1.44 bits per heavy atom. The van der Waals surface area contributed by atoms with Crippen LogP contribution in [0.3, 0.4) is 0 Å². The Hall–Kier alpha value is -1.17. The van der Waals surface area contributed by atoms with Crippen molar-refractivity contribution in [3.05, 3.63) is 33.2 Å². The average molecular weight is 238 g/mol. The molecule has 2 heterocycles. The van der Waals surface area contributed by atoms with E-state index < -0.39 is 0 Å². The van der Waals surface area contributed by atoms with Crippen LogP contribution in [0.5, 0.6) is 0 Å². The number of amidine groups is 1. The summed E-state index contributed by atoms with van der Waals surface area (Å²) in [6.07, 6.45) is 1.18. The molecule has 0 saturated heterocycles. The zero-order valence-electron chi connectivity index (χ0n) is 8.86. The van der Waals surface area contributed by atoms with Crippen molar-refractivity contribution < 1.29 is 10.2 Å². The first-order chi connectivity index (χ1) is 7.67. The number of nitrogens with zero attached hydrogens (tertiary/aromatic N) is 1. The molecule has 0 saturated carbocycles. The number of allylic oxidation sites excluding steroid dienone is 1. The van der Waals surface area contributed by atoms with Crippen molar-refractivity contribution in [3.8, 4) is 0 Å². The molecular formula is C11H14N2O2S. The summed E-state index contributed by atoms with van der Waals surface area (Å²) in [5.41, 5.74) is 8.44. The minimum Gasteiger partial charge on any atom is -0.396 e. The van der Waals surface area contributed by atoms with Gasteiger partial charge in [0.1, 0.15) is 5.84 Å². The second-order valence-corrected chi connectivity index (χ2v) is 4.86. The van der Waals surface area contributed by atoms with Gasteiger partial charge in [0, 0.05) is 34.0 Å². The van der Waals surface area contributed by atoms with Gasteiger partial charge >= 0.3 is 0 Å². The highest BCUT2D eigenvalue weighted by molar-refractivity contribution is 7.12. The van der Waals surface area contributed by atoms with Crippen LogP contribution in [0.25, 0.3) is 0 Å². The maximum Gasteiger partial charge on any atom is 0.132 e. The highest BCUT2D eigenvalue weighted by Crippen LogP contribution is 2.33. The molecule has 0 amide bonds. The molecule has 0 fully saturated rings. The van der Waals surface area contributed by atoms with E-state index >= 15 is 0 Å². The smallest absolute Gasteiger partial charge is 0.132 e. The Morgan fingerprint density at radius 3 is 2.81 bits per heavy atom. The number of aliphatic imine (C=N–C) groups is 1. The molecule has 1 aromatic rings. The lowest BCUT2D eigenvalue weighted by molar-refractivity contribution is 0.279. The molecule has 2 rings (SSSR count). The molecule has 0 spiro atoms. The van der Waals surface area contributed by atoms with Crippen molar-refractivity contribution in [1.82, 2.24) is 0 Å². The number of aliphatic hydroxyl groups is 2. The largest absolute Gasteiger partial charge is 0.396 e. The van der Waals surface area contributed by atoms with Gasteiger partial charge in [0.15, 0.2) is 0 Å². The summed E-state index contributed by atoms with van der Waals surface area (Å²) in [6.45, 7) is 3.83. The number of aliphatic hydroxyl groups excluding tert-OH is 2. The highest BCUT2D eigenvalue weighted by Gasteiger charge is 2.23. The molecule has 0 bridgehead atoms. The van der Waals surface area contributed by atoms with Gasteiger partial charge in [0.25, 0.3) is 0 Å². The molecular weight excluding hydrogens is 224 g/mol. The van der Waals surface area contributed by atoms with E-state index in [2.05, 4.69) is 11.6 Å². The molecule has 1 aliphatic heterocycles. The molecule has 86 valence electrons. The van der Waals surface area contributed by atoms with E-state index in [1.54, 1.807) is 0 Å². The van der Waals surface area contributed by atoms with Gasteiger partial charge in [0.2, 0.25) is 0 Å². The third-order valence-electron chi connectivity index (χ3n) is 2.57. The molecule has 0 unspecified atom stereocenters. The third kappa shape index (κ3) is 1.77. The summed E-state index contributed by atoms with van der Waals surface area (Å²) in [4.78, 5) is 6.11. The van der Waals surface area contributed by atoms with Crippen LogP contribution in [0.4, 0.5) is 0 Å². The first-order valence-electron chi connectivity index (χ1n) is 5.04. The van der Waals surface area contributed by atoms with Crippen molar-refractivity contribution in [1.29, 1.82) is 0 Å². The second kappa shape index (κ2) is 4.37. The predicted octanol–water partition coefficient (Wildman–Crippen LogP) is 0.550. The van der Waals surface area contributed by atoms with Crippen molar-refractivity contribution in [2.24, 2.45) is 10.7 Å². The molecule has 16 heavy (non-hydrogen) atoms. The summed E-state index contributed by atoms with van der Waals surface area (Å²) in [5.74, 6) is 0.450. The minimum absolute atomic E-state index is 0.0211. The first-order valence-corrected chi connectivity index (χ1v) is 5.86. The van der Waals surface area contributed by atoms with Crippen molar-refractivity contribution in [3.63, 3.8) is 0 Å². The molecule has 0 aromatic carbocycles. The number of hydrogen-bond acceptors (Lipinski definition) is 5. The Labute approximate surface area is 97.8 Å². The van der Waals surface area contributed by atoms with Crippen LogP contribution < -0.4 is 5.73 Å². The van der Waals surface area contributed by atoms with Crippen LogP contribution >= 0.6 is 11.3 Å². The molecule has 0 atom stereocenters. The highest BCUT2D eigenvalue weighted by atomic mass is 32.1. The van der Waals surface area contributed by atoms with Crippen LogP contribution in [0.1, 0.15) is 20.9 Å². The lowest BCUT2D eigenvalue weighted by atomic mass is 10.0. The van der Waals surface area contributed by atoms with Crippen LogP contribution in [-0.4, -0.2) is 22.7 Å². The summed E-state index contributed by atoms with van der Waals surface area (Å²) in [6, 6.07) is 0. The molecule has 0 aliphatic carbocycles.